The van der Waals surface area contributed by atoms with Gasteiger partial charge in [-0.25, -0.2) is 0 Å². The summed E-state index contributed by atoms with van der Waals surface area (Å²) in [5.41, 5.74) is 42.9. The molecule has 0 saturated heterocycles. The van der Waals surface area contributed by atoms with Gasteiger partial charge in [0.05, 0.1) is 34.2 Å². The van der Waals surface area contributed by atoms with Crippen LogP contribution >= 0.6 is 0 Å². The predicted molar refractivity (Wildman–Crippen MR) is 629 cm³/mol. The molecule has 143 heavy (non-hydrogen) atoms. The second kappa shape index (κ2) is 71.7. The van der Waals surface area contributed by atoms with E-state index in [9.17, 15) is 0 Å². The molecule has 0 N–H and O–H groups in total. The van der Waals surface area contributed by atoms with Crippen LogP contribution in [0.4, 0.5) is 0 Å². The molecule has 0 bridgehead atoms. The molecule has 732 valence electrons. The number of pyridine rings is 8. The Morgan fingerprint density at radius 2 is 0.259 bits per heavy atom. The molecule has 8 nitrogen and oxygen atoms in total. The molecule has 10 aromatic carbocycles. The Bertz CT molecular complexity index is 4950. The molecular formula is C135H152N8. The van der Waals surface area contributed by atoms with Gasteiger partial charge in [0.25, 0.3) is 0 Å². The second-order valence-electron chi connectivity index (χ2n) is 32.5. The molecule has 18 aromatic rings. The topological polar surface area (TPSA) is 103 Å². The predicted octanol–water partition coefficient (Wildman–Crippen LogP) is 37.6. The third kappa shape index (κ3) is 47.0. The number of hydrogen-bond acceptors (Lipinski definition) is 8. The van der Waals surface area contributed by atoms with Gasteiger partial charge in [0.1, 0.15) is 0 Å². The Hall–Kier alpha value is -16.7. The van der Waals surface area contributed by atoms with Crippen molar-refractivity contribution in [2.75, 3.05) is 0 Å². The van der Waals surface area contributed by atoms with Crippen LogP contribution < -0.4 is 0 Å². The van der Waals surface area contributed by atoms with E-state index in [0.717, 1.165) is 52.0 Å². The molecule has 0 spiro atoms. The van der Waals surface area contributed by atoms with Crippen LogP contribution in [0, 0.1) is 118 Å². The van der Waals surface area contributed by atoms with Gasteiger partial charge in [0, 0.05) is 105 Å². The molecule has 0 aliphatic heterocycles. The van der Waals surface area contributed by atoms with E-state index >= 15 is 0 Å². The van der Waals surface area contributed by atoms with E-state index in [-0.39, 0.29) is 0 Å². The van der Waals surface area contributed by atoms with Crippen molar-refractivity contribution >= 4 is 0 Å². The van der Waals surface area contributed by atoms with Gasteiger partial charge in [0.15, 0.2) is 0 Å². The Morgan fingerprint density at radius 1 is 0.126 bits per heavy atom. The average molecular weight is 1890 g/mol. The third-order valence-corrected chi connectivity index (χ3v) is 20.9. The van der Waals surface area contributed by atoms with Gasteiger partial charge in [-0.1, -0.05) is 354 Å². The number of rotatable bonds is 10. The number of aromatic nitrogens is 8. The zero-order valence-corrected chi connectivity index (χ0v) is 88.5. The standard InChI is InChI=1S/C14H15N.C14H14.7C13H13N.8C2H4/c1-3-12-6-9-14(15-10-12)13-7-4-11(2)5-8-13;1-11-3-7-13(8-4-11)14-9-5-12(2)6-10-14;2*1-10-3-6-12(7-4-10)13-8-5-11(2)14-9-13;5*1-10-3-6-12(7-4-10)13-8-5-11(2)9-14-13;8*1-2/h4-10H,3H2,1-2H3;3-10H,1-2H3;7*3-9H,1-2H3;8*1-2H2. The van der Waals surface area contributed by atoms with Gasteiger partial charge in [-0.2, -0.15) is 0 Å². The number of aryl methyl sites for hydroxylation is 18. The molecule has 0 unspecified atom stereocenters. The van der Waals surface area contributed by atoms with E-state index in [1.54, 1.807) is 0 Å². The van der Waals surface area contributed by atoms with Crippen molar-refractivity contribution in [2.45, 2.75) is 131 Å². The molecule has 0 atom stereocenters. The second-order valence-corrected chi connectivity index (χ2v) is 32.5. The lowest BCUT2D eigenvalue weighted by Gasteiger charge is -2.02. The van der Waals surface area contributed by atoms with E-state index in [0.29, 0.717) is 0 Å². The van der Waals surface area contributed by atoms with Gasteiger partial charge < -0.3 is 0 Å². The Kier molecular flexibility index (Phi) is 61.4. The fourth-order valence-electron chi connectivity index (χ4n) is 12.6. The first-order chi connectivity index (χ1) is 69.3. The van der Waals surface area contributed by atoms with Crippen molar-refractivity contribution in [1.29, 1.82) is 0 Å². The maximum atomic E-state index is 4.45. The largest absolute Gasteiger partial charge is 0.261 e. The molecule has 0 fully saturated rings. The first-order valence-electron chi connectivity index (χ1n) is 47.5. The quantitative estimate of drug-likeness (QED) is 0.125. The maximum Gasteiger partial charge on any atom is 0.0702 e. The summed E-state index contributed by atoms with van der Waals surface area (Å²) >= 11 is 0. The highest BCUT2D eigenvalue weighted by molar-refractivity contribution is 5.68. The Labute approximate surface area is 861 Å². The van der Waals surface area contributed by atoms with Crippen molar-refractivity contribution in [1.82, 2.24) is 39.9 Å². The smallest absolute Gasteiger partial charge is 0.0702 e. The molecular weight excluding hydrogens is 1730 g/mol. The first kappa shape index (κ1) is 122. The number of benzene rings is 10. The highest BCUT2D eigenvalue weighted by Crippen LogP contribution is 2.27. The van der Waals surface area contributed by atoms with Crippen LogP contribution in [-0.4, -0.2) is 39.9 Å². The van der Waals surface area contributed by atoms with Gasteiger partial charge in [-0.3, -0.25) is 39.9 Å². The van der Waals surface area contributed by atoms with E-state index in [4.69, 9.17) is 0 Å². The van der Waals surface area contributed by atoms with E-state index in [1.807, 2.05) is 110 Å². The lowest BCUT2D eigenvalue weighted by Crippen LogP contribution is -1.86. The first-order valence-corrected chi connectivity index (χ1v) is 47.5. The van der Waals surface area contributed by atoms with Crippen LogP contribution in [0.3, 0.4) is 0 Å². The minimum atomic E-state index is 1.04. The summed E-state index contributed by atoms with van der Waals surface area (Å²) in [4.78, 5) is 34.9. The van der Waals surface area contributed by atoms with E-state index in [1.165, 1.54) is 156 Å². The zero-order valence-electron chi connectivity index (χ0n) is 88.5. The molecule has 8 aromatic heterocycles. The third-order valence-electron chi connectivity index (χ3n) is 20.9. The molecule has 8 heterocycles. The van der Waals surface area contributed by atoms with E-state index in [2.05, 4.69) is 549 Å². The lowest BCUT2D eigenvalue weighted by atomic mass is 10.0. The Balaban J connectivity index is 0.000000534. The minimum Gasteiger partial charge on any atom is -0.261 e. The summed E-state index contributed by atoms with van der Waals surface area (Å²) < 4.78 is 0. The molecule has 0 aliphatic rings. The van der Waals surface area contributed by atoms with Crippen molar-refractivity contribution < 1.29 is 0 Å². The summed E-state index contributed by atoms with van der Waals surface area (Å²) in [5, 5.41) is 0. The van der Waals surface area contributed by atoms with Crippen molar-refractivity contribution in [3.63, 3.8) is 0 Å². The van der Waals surface area contributed by atoms with Crippen LogP contribution in [0.5, 0.6) is 0 Å². The monoisotopic (exact) mass is 1890 g/mol. The van der Waals surface area contributed by atoms with Gasteiger partial charge in [-0.05, 0) is 228 Å². The molecule has 0 radical (unpaired) electrons. The summed E-state index contributed by atoms with van der Waals surface area (Å²) in [6.45, 7) is 85.3. The molecule has 0 amide bonds. The number of hydrogen-bond donors (Lipinski definition) is 0. The van der Waals surface area contributed by atoms with Gasteiger partial charge in [0.2, 0.25) is 0 Å². The van der Waals surface area contributed by atoms with Crippen LogP contribution in [0.1, 0.15) is 107 Å². The van der Waals surface area contributed by atoms with E-state index < -0.39 is 0 Å². The highest BCUT2D eigenvalue weighted by atomic mass is 14.7. The van der Waals surface area contributed by atoms with Crippen LogP contribution in [0.25, 0.3) is 101 Å². The summed E-state index contributed by atoms with van der Waals surface area (Å²) in [6.07, 6.45) is 16.3. The summed E-state index contributed by atoms with van der Waals surface area (Å²) in [7, 11) is 0. The molecule has 18 rings (SSSR count). The summed E-state index contributed by atoms with van der Waals surface area (Å²) in [5.74, 6) is 0. The molecule has 0 aliphatic carbocycles. The van der Waals surface area contributed by atoms with Gasteiger partial charge >= 0.3 is 0 Å². The summed E-state index contributed by atoms with van der Waals surface area (Å²) in [6, 6.07) is 118. The Morgan fingerprint density at radius 3 is 0.385 bits per heavy atom. The van der Waals surface area contributed by atoms with Crippen LogP contribution in [0.2, 0.25) is 0 Å². The fraction of sp³-hybridized carbons (Fsp3) is 0.141. The molecule has 8 heteroatoms. The average Bonchev–Trinajstić information content (AvgIpc) is 0.984. The molecule has 0 saturated carbocycles. The lowest BCUT2D eigenvalue weighted by molar-refractivity contribution is 1.11. The SMILES string of the molecule is C=C.C=C.C=C.C=C.C=C.C=C.C=C.C=C.CCc1ccc(-c2ccc(C)cc2)nc1.Cc1ccc(-c2ccc(C)cc2)cc1.Cc1ccc(-c2ccc(C)cn2)cc1.Cc1ccc(-c2ccc(C)cn2)cc1.Cc1ccc(-c2ccc(C)cn2)cc1.Cc1ccc(-c2ccc(C)cn2)cc1.Cc1ccc(-c2ccc(C)cn2)cc1.Cc1ccc(-c2ccc(C)nc2)cc1.Cc1ccc(-c2ccc(C)nc2)cc1. The van der Waals surface area contributed by atoms with Crippen LogP contribution in [0.15, 0.2) is 495 Å². The normalized spacial score (nSPS) is 9.24. The van der Waals surface area contributed by atoms with Crippen LogP contribution in [-0.2, 0) is 6.42 Å². The van der Waals surface area contributed by atoms with Crippen molar-refractivity contribution in [2.24, 2.45) is 0 Å². The number of nitrogens with zero attached hydrogens (tertiary/aromatic N) is 8. The van der Waals surface area contributed by atoms with Crippen molar-refractivity contribution in [3.8, 4) is 101 Å². The fourth-order valence-corrected chi connectivity index (χ4v) is 12.6. The van der Waals surface area contributed by atoms with Crippen molar-refractivity contribution in [3.05, 3.63) is 595 Å². The maximum absolute atomic E-state index is 4.45. The minimum absolute atomic E-state index is 1.04. The zero-order chi connectivity index (χ0) is 106. The highest BCUT2D eigenvalue weighted by Gasteiger charge is 2.06. The van der Waals surface area contributed by atoms with Gasteiger partial charge in [-0.15, -0.1) is 105 Å².